The van der Waals surface area contributed by atoms with Crippen LogP contribution in [-0.4, -0.2) is 62.2 Å². The Balaban J connectivity index is 1.33. The van der Waals surface area contributed by atoms with Gasteiger partial charge < -0.3 is 14.7 Å². The van der Waals surface area contributed by atoms with E-state index in [0.29, 0.717) is 34.0 Å². The third-order valence-electron chi connectivity index (χ3n) is 7.95. The number of ether oxygens (including phenoxy) is 1. The van der Waals surface area contributed by atoms with Gasteiger partial charge >= 0.3 is 0 Å². The standard InChI is InChI=1S/C27H35B3N4O2/c1-25-9-10-26(2,16-25)15-19(14-25)34(3)23-7-6-21(32-33-23)20-5-4-17(12-22(20)35)18-8-11-31-24(13-18)36-27(28,29)30/h4-8,11-13,19,35H,9-10,14-16,28-30H2,1-3H3/t19-,25-,26+. The maximum absolute atomic E-state index is 10.8. The van der Waals surface area contributed by atoms with Crippen LogP contribution >= 0.6 is 0 Å². The molecular weight excluding hydrogens is 445 g/mol. The molecule has 2 aliphatic carbocycles. The smallest absolute Gasteiger partial charge is 0.212 e. The lowest BCUT2D eigenvalue weighted by Gasteiger charge is -2.44. The first-order valence-corrected chi connectivity index (χ1v) is 13.0. The first kappa shape index (κ1) is 24.7. The van der Waals surface area contributed by atoms with Crippen LogP contribution < -0.4 is 9.64 Å². The lowest BCUT2D eigenvalue weighted by molar-refractivity contribution is 0.148. The fourth-order valence-corrected chi connectivity index (χ4v) is 6.37. The first-order chi connectivity index (χ1) is 16.9. The van der Waals surface area contributed by atoms with Crippen molar-refractivity contribution in [2.75, 3.05) is 11.9 Å². The largest absolute Gasteiger partial charge is 0.507 e. The summed E-state index contributed by atoms with van der Waals surface area (Å²) in [6, 6.07) is 13.9. The molecule has 1 aromatic carbocycles. The van der Waals surface area contributed by atoms with Gasteiger partial charge in [-0.05, 0) is 84.4 Å². The van der Waals surface area contributed by atoms with Crippen molar-refractivity contribution in [2.24, 2.45) is 10.8 Å². The Labute approximate surface area is 217 Å². The summed E-state index contributed by atoms with van der Waals surface area (Å²) in [4.78, 5) is 6.61. The molecule has 2 bridgehead atoms. The van der Waals surface area contributed by atoms with Crippen LogP contribution in [0.15, 0.2) is 48.7 Å². The van der Waals surface area contributed by atoms with Gasteiger partial charge in [0.1, 0.15) is 29.3 Å². The second kappa shape index (κ2) is 8.86. The van der Waals surface area contributed by atoms with Crippen molar-refractivity contribution < 1.29 is 9.84 Å². The number of hydrogen-bond acceptors (Lipinski definition) is 6. The normalized spacial score (nSPS) is 25.5. The van der Waals surface area contributed by atoms with Crippen LogP contribution in [0, 0.1) is 10.8 Å². The molecule has 6 nitrogen and oxygen atoms in total. The van der Waals surface area contributed by atoms with Gasteiger partial charge in [-0.25, -0.2) is 4.98 Å². The van der Waals surface area contributed by atoms with Crippen molar-refractivity contribution >= 4 is 29.4 Å². The predicted molar refractivity (Wildman–Crippen MR) is 153 cm³/mol. The number of benzene rings is 1. The van der Waals surface area contributed by atoms with Crippen molar-refractivity contribution in [1.82, 2.24) is 15.2 Å². The number of fused-ring (bicyclic) bond motifs is 2. The third kappa shape index (κ3) is 5.11. The molecule has 2 aliphatic rings. The average Bonchev–Trinajstić information content (AvgIpc) is 3.04. The molecule has 0 spiro atoms. The minimum atomic E-state index is -0.330. The van der Waals surface area contributed by atoms with Crippen molar-refractivity contribution in [3.05, 3.63) is 48.7 Å². The van der Waals surface area contributed by atoms with Gasteiger partial charge in [0.15, 0.2) is 5.82 Å². The molecule has 1 N–H and O–H groups in total. The number of pyridine rings is 1. The third-order valence-corrected chi connectivity index (χ3v) is 7.95. The summed E-state index contributed by atoms with van der Waals surface area (Å²) in [6.07, 6.45) is 8.15. The SMILES string of the molecule is BC(B)(B)Oc1cc(-c2ccc(-c3ccc(N(C)[C@H]4C[C@]5(C)CC[C@](C)(C4)C5)nn3)c(O)c2)ccn1. The quantitative estimate of drug-likeness (QED) is 0.548. The van der Waals surface area contributed by atoms with E-state index in [9.17, 15) is 5.11 Å². The van der Waals surface area contributed by atoms with E-state index in [2.05, 4.69) is 41.0 Å². The molecule has 9 heteroatoms. The van der Waals surface area contributed by atoms with Gasteiger partial charge in [-0.2, -0.15) is 0 Å². The van der Waals surface area contributed by atoms with Crippen molar-refractivity contribution in [3.63, 3.8) is 0 Å². The lowest BCUT2D eigenvalue weighted by atomic mass is 9.52. The van der Waals surface area contributed by atoms with E-state index in [1.807, 2.05) is 59.9 Å². The van der Waals surface area contributed by atoms with Crippen LogP contribution in [0.25, 0.3) is 22.4 Å². The zero-order chi connectivity index (χ0) is 25.7. The maximum atomic E-state index is 10.8. The Morgan fingerprint density at radius 2 is 1.67 bits per heavy atom. The Morgan fingerprint density at radius 1 is 0.972 bits per heavy atom. The molecule has 184 valence electrons. The van der Waals surface area contributed by atoms with Crippen LogP contribution in [0.2, 0.25) is 0 Å². The molecule has 0 unspecified atom stereocenters. The average molecular weight is 480 g/mol. The summed E-state index contributed by atoms with van der Waals surface area (Å²) in [6.45, 7) is 4.90. The highest BCUT2D eigenvalue weighted by atomic mass is 16.5. The summed E-state index contributed by atoms with van der Waals surface area (Å²) in [7, 11) is 8.12. The van der Waals surface area contributed by atoms with Crippen molar-refractivity contribution in [1.29, 1.82) is 0 Å². The molecule has 36 heavy (non-hydrogen) atoms. The van der Waals surface area contributed by atoms with Gasteiger partial charge in [-0.15, -0.1) is 10.2 Å². The minimum Gasteiger partial charge on any atom is -0.507 e. The minimum absolute atomic E-state index is 0.169. The molecule has 2 aromatic heterocycles. The second-order valence-corrected chi connectivity index (χ2v) is 12.6. The molecule has 2 saturated carbocycles. The number of aromatic nitrogens is 3. The van der Waals surface area contributed by atoms with Crippen LogP contribution in [0.4, 0.5) is 5.82 Å². The highest BCUT2D eigenvalue weighted by molar-refractivity contribution is 6.58. The summed E-state index contributed by atoms with van der Waals surface area (Å²) in [5, 5.41) is 19.6. The molecule has 0 aliphatic heterocycles. The Kier molecular flexibility index (Phi) is 6.08. The predicted octanol–water partition coefficient (Wildman–Crippen LogP) is 2.60. The molecule has 2 fully saturated rings. The Hall–Kier alpha value is -2.96. The van der Waals surface area contributed by atoms with Crippen molar-refractivity contribution in [3.8, 4) is 34.0 Å². The summed E-state index contributed by atoms with van der Waals surface area (Å²) in [5.41, 5.74) is 4.03. The van der Waals surface area contributed by atoms with Gasteiger partial charge in [0, 0.05) is 36.2 Å². The molecule has 3 aromatic rings. The second-order valence-electron chi connectivity index (χ2n) is 12.6. The van der Waals surface area contributed by atoms with Gasteiger partial charge in [0.05, 0.1) is 5.69 Å². The fourth-order valence-electron chi connectivity index (χ4n) is 6.37. The monoisotopic (exact) mass is 480 g/mol. The number of hydrogen-bond donors (Lipinski definition) is 1. The zero-order valence-corrected chi connectivity index (χ0v) is 22.4. The molecule has 2 heterocycles. The van der Waals surface area contributed by atoms with Gasteiger partial charge in [-0.1, -0.05) is 19.9 Å². The van der Waals surface area contributed by atoms with Crippen LogP contribution in [0.3, 0.4) is 0 Å². The summed E-state index contributed by atoms with van der Waals surface area (Å²) < 4.78 is 5.89. The van der Waals surface area contributed by atoms with Gasteiger partial charge in [-0.3, -0.25) is 0 Å². The number of rotatable bonds is 6. The van der Waals surface area contributed by atoms with Gasteiger partial charge in [0.25, 0.3) is 0 Å². The van der Waals surface area contributed by atoms with E-state index in [0.717, 1.165) is 16.9 Å². The van der Waals surface area contributed by atoms with Crippen molar-refractivity contribution in [2.45, 2.75) is 57.3 Å². The Morgan fingerprint density at radius 3 is 2.28 bits per heavy atom. The highest BCUT2D eigenvalue weighted by Crippen LogP contribution is 2.58. The van der Waals surface area contributed by atoms with E-state index >= 15 is 0 Å². The summed E-state index contributed by atoms with van der Waals surface area (Å²) in [5.74, 6) is 1.61. The zero-order valence-electron chi connectivity index (χ0n) is 22.4. The number of aromatic hydroxyl groups is 1. The van der Waals surface area contributed by atoms with E-state index in [-0.39, 0.29) is 11.0 Å². The molecular formula is C27H35B3N4O2. The lowest BCUT2D eigenvalue weighted by Crippen LogP contribution is -2.42. The van der Waals surface area contributed by atoms with E-state index in [4.69, 9.17) is 4.74 Å². The van der Waals surface area contributed by atoms with E-state index in [1.54, 1.807) is 12.3 Å². The van der Waals surface area contributed by atoms with Gasteiger partial charge in [0.2, 0.25) is 5.88 Å². The summed E-state index contributed by atoms with van der Waals surface area (Å²) >= 11 is 0. The van der Waals surface area contributed by atoms with Crippen LogP contribution in [-0.2, 0) is 0 Å². The number of phenolic OH excluding ortho intramolecular Hbond substituents is 1. The van der Waals surface area contributed by atoms with E-state index in [1.165, 1.54) is 32.1 Å². The first-order valence-electron chi connectivity index (χ1n) is 13.0. The molecule has 0 radical (unpaired) electrons. The molecule has 0 saturated heterocycles. The fraction of sp³-hybridized carbons (Fsp3) is 0.444. The molecule has 3 atom stereocenters. The maximum Gasteiger partial charge on any atom is 0.212 e. The Bertz CT molecular complexity index is 1250. The topological polar surface area (TPSA) is 71.4 Å². The van der Waals surface area contributed by atoms with Crippen LogP contribution in [0.1, 0.15) is 46.0 Å². The number of anilines is 1. The molecule has 5 rings (SSSR count). The molecule has 0 amide bonds. The van der Waals surface area contributed by atoms with Crippen LogP contribution in [0.5, 0.6) is 11.6 Å². The number of nitrogens with zero attached hydrogens (tertiary/aromatic N) is 4. The highest BCUT2D eigenvalue weighted by Gasteiger charge is 2.50. The van der Waals surface area contributed by atoms with E-state index < -0.39 is 0 Å². The number of phenols is 1.